The molecule has 0 fully saturated rings. The quantitative estimate of drug-likeness (QED) is 0.680. The monoisotopic (exact) mass is 313 g/mol. The number of hydrogen-bond donors (Lipinski definition) is 2. The molecule has 1 aromatic rings. The molecule has 0 bridgehead atoms. The van der Waals surface area contributed by atoms with Crippen molar-refractivity contribution in [3.05, 3.63) is 29.8 Å². The molecule has 2 N–H and O–H groups in total. The summed E-state index contributed by atoms with van der Waals surface area (Å²) in [6, 6.07) is 7.28. The number of benzene rings is 1. The van der Waals surface area contributed by atoms with Crippen LogP contribution >= 0.6 is 0 Å². The van der Waals surface area contributed by atoms with Crippen molar-refractivity contribution in [1.29, 1.82) is 0 Å². The highest BCUT2D eigenvalue weighted by Gasteiger charge is 2.13. The molecule has 0 radical (unpaired) electrons. The molecule has 0 saturated heterocycles. The van der Waals surface area contributed by atoms with Crippen molar-refractivity contribution in [3.63, 3.8) is 0 Å². The summed E-state index contributed by atoms with van der Waals surface area (Å²) in [5.41, 5.74) is 1.09. The van der Waals surface area contributed by atoms with Crippen LogP contribution in [0.1, 0.15) is 31.9 Å². The number of rotatable bonds is 9. The van der Waals surface area contributed by atoms with Gasteiger partial charge in [-0.15, -0.1) is 0 Å². The summed E-state index contributed by atoms with van der Waals surface area (Å²) in [6.45, 7) is 6.31. The van der Waals surface area contributed by atoms with Crippen LogP contribution in [0.3, 0.4) is 0 Å². The largest absolute Gasteiger partial charge is 0.310 e. The zero-order chi connectivity index (χ0) is 15.9. The Hall–Kier alpha value is -0.950. The van der Waals surface area contributed by atoms with Gasteiger partial charge in [0.25, 0.3) is 0 Å². The van der Waals surface area contributed by atoms with Crippen LogP contribution in [0.5, 0.6) is 0 Å². The van der Waals surface area contributed by atoms with E-state index in [1.165, 1.54) is 0 Å². The molecule has 1 aromatic carbocycles. The van der Waals surface area contributed by atoms with E-state index >= 15 is 0 Å². The average molecular weight is 313 g/mol. The first kappa shape index (κ1) is 18.1. The normalized spacial score (nSPS) is 13.6. The fourth-order valence-electron chi connectivity index (χ4n) is 2.04. The van der Waals surface area contributed by atoms with E-state index in [-0.39, 0.29) is 6.04 Å². The maximum atomic E-state index is 12.1. The van der Waals surface area contributed by atoms with Gasteiger partial charge >= 0.3 is 0 Å². The Kier molecular flexibility index (Phi) is 7.31. The van der Waals surface area contributed by atoms with Crippen LogP contribution in [-0.4, -0.2) is 47.0 Å². The van der Waals surface area contributed by atoms with E-state index in [1.54, 1.807) is 12.1 Å². The Labute approximate surface area is 128 Å². The van der Waals surface area contributed by atoms with Gasteiger partial charge in [-0.1, -0.05) is 19.1 Å². The van der Waals surface area contributed by atoms with E-state index in [1.807, 2.05) is 38.1 Å². The number of nitrogens with one attached hydrogen (secondary N) is 2. The van der Waals surface area contributed by atoms with Gasteiger partial charge in [0.15, 0.2) is 0 Å². The highest BCUT2D eigenvalue weighted by molar-refractivity contribution is 7.89. The Morgan fingerprint density at radius 1 is 1.19 bits per heavy atom. The first-order valence-electron chi connectivity index (χ1n) is 7.34. The van der Waals surface area contributed by atoms with E-state index in [9.17, 15) is 8.42 Å². The molecule has 6 heteroatoms. The Bertz CT molecular complexity index is 512. The third kappa shape index (κ3) is 6.13. The molecule has 0 aliphatic rings. The molecule has 5 nitrogen and oxygen atoms in total. The van der Waals surface area contributed by atoms with Crippen molar-refractivity contribution in [1.82, 2.24) is 14.9 Å². The molecule has 0 aliphatic carbocycles. The van der Waals surface area contributed by atoms with Gasteiger partial charge in [0.2, 0.25) is 10.0 Å². The van der Waals surface area contributed by atoms with Crippen LogP contribution in [0.15, 0.2) is 29.2 Å². The number of sulfonamides is 1. The Balaban J connectivity index is 2.63. The van der Waals surface area contributed by atoms with Crippen LogP contribution in [0.2, 0.25) is 0 Å². The second-order valence-electron chi connectivity index (χ2n) is 5.40. The van der Waals surface area contributed by atoms with Gasteiger partial charge in [-0.05, 0) is 58.2 Å². The second-order valence-corrected chi connectivity index (χ2v) is 7.17. The fourth-order valence-corrected chi connectivity index (χ4v) is 3.12. The summed E-state index contributed by atoms with van der Waals surface area (Å²) in [6.07, 6.45) is 0.793. The molecule has 0 aromatic heterocycles. The van der Waals surface area contributed by atoms with E-state index < -0.39 is 10.0 Å². The topological polar surface area (TPSA) is 61.4 Å². The maximum absolute atomic E-state index is 12.1. The smallest absolute Gasteiger partial charge is 0.240 e. The van der Waals surface area contributed by atoms with Gasteiger partial charge in [-0.2, -0.15) is 0 Å². The summed E-state index contributed by atoms with van der Waals surface area (Å²) in [7, 11) is 0.540. The predicted molar refractivity (Wildman–Crippen MR) is 86.9 cm³/mol. The summed E-state index contributed by atoms with van der Waals surface area (Å²) >= 11 is 0. The van der Waals surface area contributed by atoms with E-state index in [2.05, 4.69) is 17.0 Å². The SMILES string of the molecule is CCNC(C)c1ccc(S(=O)(=O)NCCCN(C)C)cc1. The lowest BCUT2D eigenvalue weighted by Gasteiger charge is -2.14. The molecule has 1 unspecified atom stereocenters. The molecular weight excluding hydrogens is 286 g/mol. The Morgan fingerprint density at radius 3 is 2.33 bits per heavy atom. The van der Waals surface area contributed by atoms with Crippen LogP contribution in [0, 0.1) is 0 Å². The van der Waals surface area contributed by atoms with Crippen molar-refractivity contribution in [2.45, 2.75) is 31.2 Å². The van der Waals surface area contributed by atoms with E-state index in [0.717, 1.165) is 25.1 Å². The van der Waals surface area contributed by atoms with E-state index in [0.29, 0.717) is 11.4 Å². The van der Waals surface area contributed by atoms with Gasteiger partial charge in [-0.3, -0.25) is 0 Å². The predicted octanol–water partition coefficient (Wildman–Crippen LogP) is 1.59. The van der Waals surface area contributed by atoms with Crippen molar-refractivity contribution >= 4 is 10.0 Å². The summed E-state index contributed by atoms with van der Waals surface area (Å²) in [5, 5.41) is 3.30. The van der Waals surface area contributed by atoms with Crippen molar-refractivity contribution < 1.29 is 8.42 Å². The summed E-state index contributed by atoms with van der Waals surface area (Å²) < 4.78 is 26.9. The second kappa shape index (κ2) is 8.48. The first-order valence-corrected chi connectivity index (χ1v) is 8.83. The minimum Gasteiger partial charge on any atom is -0.310 e. The minimum atomic E-state index is -3.40. The molecule has 1 atom stereocenters. The lowest BCUT2D eigenvalue weighted by atomic mass is 10.1. The third-order valence-corrected chi connectivity index (χ3v) is 4.75. The zero-order valence-electron chi connectivity index (χ0n) is 13.4. The van der Waals surface area contributed by atoms with Crippen LogP contribution in [-0.2, 0) is 10.0 Å². The lowest BCUT2D eigenvalue weighted by Crippen LogP contribution is -2.27. The van der Waals surface area contributed by atoms with E-state index in [4.69, 9.17) is 0 Å². The van der Waals surface area contributed by atoms with Gasteiger partial charge in [0.05, 0.1) is 4.90 Å². The molecule has 0 spiro atoms. The Morgan fingerprint density at radius 2 is 1.81 bits per heavy atom. The molecule has 0 aliphatic heterocycles. The van der Waals surface area contributed by atoms with Gasteiger partial charge < -0.3 is 10.2 Å². The van der Waals surface area contributed by atoms with Crippen molar-refractivity contribution in [2.75, 3.05) is 33.7 Å². The van der Waals surface area contributed by atoms with Crippen LogP contribution < -0.4 is 10.0 Å². The standard InChI is InChI=1S/C15H27N3O2S/c1-5-16-13(2)14-7-9-15(10-8-14)21(19,20)17-11-6-12-18(3)4/h7-10,13,16-17H,5-6,11-12H2,1-4H3. The van der Waals surface area contributed by atoms with Crippen LogP contribution in [0.4, 0.5) is 0 Å². The summed E-state index contributed by atoms with van der Waals surface area (Å²) in [5.74, 6) is 0. The molecule has 0 heterocycles. The third-order valence-electron chi connectivity index (χ3n) is 3.27. The first-order chi connectivity index (χ1) is 9.86. The van der Waals surface area contributed by atoms with Crippen molar-refractivity contribution in [2.24, 2.45) is 0 Å². The summed E-state index contributed by atoms with van der Waals surface area (Å²) in [4.78, 5) is 2.35. The zero-order valence-corrected chi connectivity index (χ0v) is 14.2. The highest BCUT2D eigenvalue weighted by Crippen LogP contribution is 2.16. The molecule has 0 amide bonds. The maximum Gasteiger partial charge on any atom is 0.240 e. The molecule has 0 saturated carbocycles. The number of nitrogens with zero attached hydrogens (tertiary/aromatic N) is 1. The molecule has 21 heavy (non-hydrogen) atoms. The minimum absolute atomic E-state index is 0.222. The van der Waals surface area contributed by atoms with Gasteiger partial charge in [-0.25, -0.2) is 13.1 Å². The van der Waals surface area contributed by atoms with Crippen LogP contribution in [0.25, 0.3) is 0 Å². The van der Waals surface area contributed by atoms with Gasteiger partial charge in [0.1, 0.15) is 0 Å². The van der Waals surface area contributed by atoms with Gasteiger partial charge in [0, 0.05) is 12.6 Å². The fraction of sp³-hybridized carbons (Fsp3) is 0.600. The number of hydrogen-bond acceptors (Lipinski definition) is 4. The van der Waals surface area contributed by atoms with Crippen molar-refractivity contribution in [3.8, 4) is 0 Å². The molecule has 1 rings (SSSR count). The lowest BCUT2D eigenvalue weighted by molar-refractivity contribution is 0.400. The molecular formula is C15H27N3O2S. The highest BCUT2D eigenvalue weighted by atomic mass is 32.2. The molecule has 120 valence electrons. The average Bonchev–Trinajstić information content (AvgIpc) is 2.44.